The second-order valence-corrected chi connectivity index (χ2v) is 5.64. The Kier molecular flexibility index (Phi) is 5.09. The van der Waals surface area contributed by atoms with Gasteiger partial charge in [-0.2, -0.15) is 0 Å². The molecule has 3 rings (SSSR count). The minimum Gasteiger partial charge on any atom is -0.469 e. The molecule has 1 N–H and O–H groups in total. The van der Waals surface area contributed by atoms with E-state index in [9.17, 15) is 9.59 Å². The van der Waals surface area contributed by atoms with Crippen LogP contribution in [0.1, 0.15) is 6.42 Å². The lowest BCUT2D eigenvalue weighted by Crippen LogP contribution is -2.49. The van der Waals surface area contributed by atoms with Crippen LogP contribution in [0.3, 0.4) is 0 Å². The summed E-state index contributed by atoms with van der Waals surface area (Å²) in [4.78, 5) is 30.6. The third kappa shape index (κ3) is 3.85. The SMILES string of the molecule is COC(=O)C[C@H]1CN=C(Nc2ccccc2)N(c2ccccc2)C1=O. The normalized spacial score (nSPS) is 17.0. The number of nitrogens with one attached hydrogen (secondary N) is 1. The molecule has 0 spiro atoms. The topological polar surface area (TPSA) is 71.0 Å². The lowest BCUT2D eigenvalue weighted by Gasteiger charge is -2.32. The first kappa shape index (κ1) is 16.7. The van der Waals surface area contributed by atoms with Crippen LogP contribution in [0.2, 0.25) is 0 Å². The van der Waals surface area contributed by atoms with Crippen molar-refractivity contribution in [3.63, 3.8) is 0 Å². The Morgan fingerprint density at radius 2 is 1.80 bits per heavy atom. The summed E-state index contributed by atoms with van der Waals surface area (Å²) in [6, 6.07) is 18.8. The van der Waals surface area contributed by atoms with Gasteiger partial charge in [0.1, 0.15) is 0 Å². The number of carbonyl (C=O) groups excluding carboxylic acids is 2. The van der Waals surface area contributed by atoms with Crippen molar-refractivity contribution in [2.45, 2.75) is 6.42 Å². The number of hydrogen-bond acceptors (Lipinski definition) is 5. The minimum atomic E-state index is -0.533. The van der Waals surface area contributed by atoms with Crippen molar-refractivity contribution >= 4 is 29.2 Å². The molecular weight excluding hydrogens is 318 g/mol. The highest BCUT2D eigenvalue weighted by molar-refractivity contribution is 6.22. The summed E-state index contributed by atoms with van der Waals surface area (Å²) in [6.07, 6.45) is 0.0147. The summed E-state index contributed by atoms with van der Waals surface area (Å²) in [5.74, 6) is -0.677. The van der Waals surface area contributed by atoms with Gasteiger partial charge in [0, 0.05) is 5.69 Å². The lowest BCUT2D eigenvalue weighted by molar-refractivity contribution is -0.143. The Labute approximate surface area is 146 Å². The van der Waals surface area contributed by atoms with Gasteiger partial charge >= 0.3 is 5.97 Å². The number of carbonyl (C=O) groups is 2. The molecule has 6 heteroatoms. The largest absolute Gasteiger partial charge is 0.469 e. The first-order valence-corrected chi connectivity index (χ1v) is 8.01. The summed E-state index contributed by atoms with van der Waals surface area (Å²) in [6.45, 7) is 0.242. The van der Waals surface area contributed by atoms with Gasteiger partial charge in [-0.3, -0.25) is 19.5 Å². The number of guanidine groups is 1. The number of amides is 1. The number of ether oxygens (including phenoxy) is 1. The van der Waals surface area contributed by atoms with E-state index in [1.807, 2.05) is 60.7 Å². The zero-order valence-electron chi connectivity index (χ0n) is 13.9. The quantitative estimate of drug-likeness (QED) is 0.871. The van der Waals surface area contributed by atoms with E-state index in [4.69, 9.17) is 4.74 Å². The van der Waals surface area contributed by atoms with E-state index in [0.29, 0.717) is 11.6 Å². The molecule has 1 aliphatic heterocycles. The van der Waals surface area contributed by atoms with E-state index in [0.717, 1.165) is 5.69 Å². The van der Waals surface area contributed by atoms with Crippen molar-refractivity contribution in [2.24, 2.45) is 10.9 Å². The van der Waals surface area contributed by atoms with Gasteiger partial charge in [0.15, 0.2) is 0 Å². The van der Waals surface area contributed by atoms with Crippen molar-refractivity contribution in [1.29, 1.82) is 0 Å². The van der Waals surface area contributed by atoms with Crippen molar-refractivity contribution in [3.8, 4) is 0 Å². The fraction of sp³-hybridized carbons (Fsp3) is 0.211. The maximum Gasteiger partial charge on any atom is 0.306 e. The molecule has 1 heterocycles. The number of esters is 1. The van der Waals surface area contributed by atoms with Gasteiger partial charge in [0.2, 0.25) is 11.9 Å². The molecule has 0 bridgehead atoms. The molecule has 1 atom stereocenters. The van der Waals surface area contributed by atoms with Gasteiger partial charge in [-0.05, 0) is 24.3 Å². The lowest BCUT2D eigenvalue weighted by atomic mass is 10.0. The molecule has 0 unspecified atom stereocenters. The van der Waals surface area contributed by atoms with Crippen molar-refractivity contribution in [2.75, 3.05) is 23.9 Å². The summed E-state index contributed by atoms with van der Waals surface area (Å²) in [5, 5.41) is 3.19. The smallest absolute Gasteiger partial charge is 0.306 e. The maximum atomic E-state index is 13.0. The Morgan fingerprint density at radius 1 is 1.16 bits per heavy atom. The molecule has 0 aromatic heterocycles. The molecule has 6 nitrogen and oxygen atoms in total. The van der Waals surface area contributed by atoms with Crippen LogP contribution >= 0.6 is 0 Å². The number of para-hydroxylation sites is 2. The number of benzene rings is 2. The van der Waals surface area contributed by atoms with E-state index in [1.165, 1.54) is 12.0 Å². The van der Waals surface area contributed by atoms with Crippen molar-refractivity contribution < 1.29 is 14.3 Å². The van der Waals surface area contributed by atoms with Crippen LogP contribution in [-0.4, -0.2) is 31.5 Å². The van der Waals surface area contributed by atoms with E-state index in [1.54, 1.807) is 0 Å². The monoisotopic (exact) mass is 337 g/mol. The van der Waals surface area contributed by atoms with E-state index >= 15 is 0 Å². The van der Waals surface area contributed by atoms with Crippen LogP contribution < -0.4 is 10.2 Å². The molecule has 0 saturated heterocycles. The highest BCUT2D eigenvalue weighted by Crippen LogP contribution is 2.24. The summed E-state index contributed by atoms with van der Waals surface area (Å²) >= 11 is 0. The fourth-order valence-electron chi connectivity index (χ4n) is 2.64. The molecular formula is C19H19N3O3. The Morgan fingerprint density at radius 3 is 2.44 bits per heavy atom. The third-order valence-corrected chi connectivity index (χ3v) is 3.93. The second-order valence-electron chi connectivity index (χ2n) is 5.64. The average Bonchev–Trinajstić information content (AvgIpc) is 2.65. The van der Waals surface area contributed by atoms with Crippen molar-refractivity contribution in [1.82, 2.24) is 0 Å². The van der Waals surface area contributed by atoms with Crippen LogP contribution in [0.5, 0.6) is 0 Å². The highest BCUT2D eigenvalue weighted by atomic mass is 16.5. The van der Waals surface area contributed by atoms with E-state index < -0.39 is 11.9 Å². The van der Waals surface area contributed by atoms with Gasteiger partial charge in [-0.15, -0.1) is 0 Å². The first-order valence-electron chi connectivity index (χ1n) is 8.01. The molecule has 0 saturated carbocycles. The van der Waals surface area contributed by atoms with Gasteiger partial charge in [-0.25, -0.2) is 0 Å². The second kappa shape index (κ2) is 7.61. The Bertz CT molecular complexity index is 775. The number of nitrogens with zero attached hydrogens (tertiary/aromatic N) is 2. The van der Waals surface area contributed by atoms with Crippen LogP contribution in [-0.2, 0) is 14.3 Å². The molecule has 2 aromatic rings. The minimum absolute atomic E-state index is 0.0147. The summed E-state index contributed by atoms with van der Waals surface area (Å²) < 4.78 is 4.69. The van der Waals surface area contributed by atoms with Crippen LogP contribution in [0.25, 0.3) is 0 Å². The number of hydrogen-bond donors (Lipinski definition) is 1. The third-order valence-electron chi connectivity index (χ3n) is 3.93. The maximum absolute atomic E-state index is 13.0. The van der Waals surface area contributed by atoms with Gasteiger partial charge in [0.25, 0.3) is 0 Å². The van der Waals surface area contributed by atoms with Crippen LogP contribution in [0.4, 0.5) is 11.4 Å². The number of rotatable bonds is 4. The highest BCUT2D eigenvalue weighted by Gasteiger charge is 2.34. The molecule has 25 heavy (non-hydrogen) atoms. The Balaban J connectivity index is 1.91. The summed E-state index contributed by atoms with van der Waals surface area (Å²) in [7, 11) is 1.32. The zero-order valence-corrected chi connectivity index (χ0v) is 13.9. The predicted molar refractivity (Wildman–Crippen MR) is 96.4 cm³/mol. The van der Waals surface area contributed by atoms with Gasteiger partial charge < -0.3 is 10.1 Å². The first-order chi connectivity index (χ1) is 12.2. The van der Waals surface area contributed by atoms with E-state index in [-0.39, 0.29) is 18.9 Å². The molecule has 1 amide bonds. The molecule has 128 valence electrons. The van der Waals surface area contributed by atoms with Gasteiger partial charge in [-0.1, -0.05) is 36.4 Å². The predicted octanol–water partition coefficient (Wildman–Crippen LogP) is 2.68. The van der Waals surface area contributed by atoms with Crippen molar-refractivity contribution in [3.05, 3.63) is 60.7 Å². The molecule has 1 aliphatic rings. The zero-order chi connectivity index (χ0) is 17.6. The summed E-state index contributed by atoms with van der Waals surface area (Å²) in [5.41, 5.74) is 1.53. The van der Waals surface area contributed by atoms with Crippen LogP contribution in [0, 0.1) is 5.92 Å². The van der Waals surface area contributed by atoms with E-state index in [2.05, 4.69) is 10.3 Å². The number of aliphatic imine (C=N–C) groups is 1. The standard InChI is InChI=1S/C19H19N3O3/c1-25-17(23)12-14-13-20-19(21-15-8-4-2-5-9-15)22(18(14)24)16-10-6-3-7-11-16/h2-11,14H,12-13H2,1H3,(H,20,21)/t14-/m0/s1. The average molecular weight is 337 g/mol. The molecule has 0 aliphatic carbocycles. The van der Waals surface area contributed by atoms with Crippen LogP contribution in [0.15, 0.2) is 65.7 Å². The molecule has 0 fully saturated rings. The molecule has 2 aromatic carbocycles. The Hall–Kier alpha value is -3.15. The number of anilines is 2. The number of methoxy groups -OCH3 is 1. The van der Waals surface area contributed by atoms with Gasteiger partial charge in [0.05, 0.1) is 31.7 Å². The fourth-order valence-corrected chi connectivity index (χ4v) is 2.64. The molecule has 0 radical (unpaired) electrons.